The van der Waals surface area contributed by atoms with Crippen molar-refractivity contribution in [2.75, 3.05) is 6.61 Å². The average Bonchev–Trinajstić information content (AvgIpc) is 2.49. The van der Waals surface area contributed by atoms with E-state index in [0.717, 1.165) is 0 Å². The predicted octanol–water partition coefficient (Wildman–Crippen LogP) is 2.85. The molecule has 0 saturated heterocycles. The van der Waals surface area contributed by atoms with E-state index in [0.29, 0.717) is 23.3 Å². The number of rotatable bonds is 6. The summed E-state index contributed by atoms with van der Waals surface area (Å²) < 4.78 is 18.5. The number of nitrogens with zero attached hydrogens (tertiary/aromatic N) is 1. The molecule has 0 atom stereocenters. The quantitative estimate of drug-likeness (QED) is 0.656. The Balaban J connectivity index is 2.04. The third-order valence-electron chi connectivity index (χ3n) is 3.01. The van der Waals surface area contributed by atoms with Crippen LogP contribution in [0.25, 0.3) is 0 Å². The van der Waals surface area contributed by atoms with Gasteiger partial charge in [0.25, 0.3) is 5.69 Å². The van der Waals surface area contributed by atoms with Crippen LogP contribution in [0.15, 0.2) is 42.5 Å². The summed E-state index contributed by atoms with van der Waals surface area (Å²) in [7, 11) is 0. The number of halogens is 1. The summed E-state index contributed by atoms with van der Waals surface area (Å²) in [5.74, 6) is -0.0809. The average molecular weight is 291 g/mol. The molecule has 110 valence electrons. The van der Waals surface area contributed by atoms with Crippen LogP contribution < -0.4 is 4.74 Å². The lowest BCUT2D eigenvalue weighted by Crippen LogP contribution is -2.05. The van der Waals surface area contributed by atoms with Gasteiger partial charge in [0.1, 0.15) is 11.6 Å². The van der Waals surface area contributed by atoms with Gasteiger partial charge >= 0.3 is 0 Å². The van der Waals surface area contributed by atoms with Gasteiger partial charge in [-0.1, -0.05) is 18.2 Å². The second kappa shape index (κ2) is 6.81. The van der Waals surface area contributed by atoms with Crippen molar-refractivity contribution >= 4 is 5.69 Å². The molecule has 0 amide bonds. The van der Waals surface area contributed by atoms with E-state index in [1.54, 1.807) is 18.2 Å². The lowest BCUT2D eigenvalue weighted by Gasteiger charge is -2.10. The molecule has 0 fully saturated rings. The van der Waals surface area contributed by atoms with Crippen molar-refractivity contribution in [2.45, 2.75) is 13.0 Å². The minimum atomic E-state index is -0.454. The van der Waals surface area contributed by atoms with Gasteiger partial charge in [-0.25, -0.2) is 4.39 Å². The highest BCUT2D eigenvalue weighted by molar-refractivity contribution is 5.40. The van der Waals surface area contributed by atoms with Gasteiger partial charge in [-0.05, 0) is 18.2 Å². The molecule has 0 aliphatic rings. The van der Waals surface area contributed by atoms with E-state index in [-0.39, 0.29) is 18.9 Å². The van der Waals surface area contributed by atoms with Gasteiger partial charge in [0.15, 0.2) is 0 Å². The van der Waals surface area contributed by atoms with E-state index in [1.807, 2.05) is 0 Å². The lowest BCUT2D eigenvalue weighted by atomic mass is 10.1. The Morgan fingerprint density at radius 3 is 2.67 bits per heavy atom. The van der Waals surface area contributed by atoms with Crippen LogP contribution in [0.5, 0.6) is 5.75 Å². The molecule has 0 aromatic heterocycles. The topological polar surface area (TPSA) is 72.6 Å². The molecule has 5 nitrogen and oxygen atoms in total. The number of hydrogen-bond acceptors (Lipinski definition) is 4. The number of nitro benzene ring substituents is 1. The molecule has 2 aromatic rings. The van der Waals surface area contributed by atoms with Crippen LogP contribution in [0.1, 0.15) is 11.1 Å². The summed E-state index contributed by atoms with van der Waals surface area (Å²) in [4.78, 5) is 10.4. The van der Waals surface area contributed by atoms with E-state index < -0.39 is 10.7 Å². The lowest BCUT2D eigenvalue weighted by molar-refractivity contribution is -0.385. The van der Waals surface area contributed by atoms with Crippen molar-refractivity contribution in [3.05, 3.63) is 69.5 Å². The highest BCUT2D eigenvalue weighted by Gasteiger charge is 2.12. The van der Waals surface area contributed by atoms with E-state index in [9.17, 15) is 14.5 Å². The van der Waals surface area contributed by atoms with Crippen molar-refractivity contribution in [2.24, 2.45) is 0 Å². The highest BCUT2D eigenvalue weighted by atomic mass is 19.1. The summed E-state index contributed by atoms with van der Waals surface area (Å²) in [6, 6.07) is 10.3. The van der Waals surface area contributed by atoms with Crippen molar-refractivity contribution in [1.82, 2.24) is 0 Å². The Labute approximate surface area is 120 Å². The Hall–Kier alpha value is -2.47. The molecular formula is C15H14FNO4. The molecule has 2 aromatic carbocycles. The van der Waals surface area contributed by atoms with E-state index in [4.69, 9.17) is 9.84 Å². The predicted molar refractivity (Wildman–Crippen MR) is 74.6 cm³/mol. The zero-order valence-corrected chi connectivity index (χ0v) is 11.2. The van der Waals surface area contributed by atoms with Gasteiger partial charge in [-0.2, -0.15) is 0 Å². The number of aliphatic hydroxyl groups is 1. The summed E-state index contributed by atoms with van der Waals surface area (Å²) in [5.41, 5.74) is 0.954. The first-order valence-corrected chi connectivity index (χ1v) is 6.36. The molecule has 0 bridgehead atoms. The maximum absolute atomic E-state index is 13.0. The van der Waals surface area contributed by atoms with Crippen molar-refractivity contribution < 1.29 is 19.2 Å². The van der Waals surface area contributed by atoms with E-state index in [2.05, 4.69) is 0 Å². The highest BCUT2D eigenvalue weighted by Crippen LogP contribution is 2.21. The molecular weight excluding hydrogens is 277 g/mol. The number of nitro groups is 1. The van der Waals surface area contributed by atoms with Crippen LogP contribution in [-0.4, -0.2) is 16.6 Å². The number of hydrogen-bond donors (Lipinski definition) is 1. The van der Waals surface area contributed by atoms with Crippen molar-refractivity contribution in [3.63, 3.8) is 0 Å². The third kappa shape index (κ3) is 3.76. The fraction of sp³-hybridized carbons (Fsp3) is 0.200. The van der Waals surface area contributed by atoms with Crippen LogP contribution >= 0.6 is 0 Å². The Morgan fingerprint density at radius 2 is 1.95 bits per heavy atom. The third-order valence-corrected chi connectivity index (χ3v) is 3.01. The van der Waals surface area contributed by atoms with Gasteiger partial charge in [0, 0.05) is 23.6 Å². The van der Waals surface area contributed by atoms with Crippen LogP contribution in [0.3, 0.4) is 0 Å². The Kier molecular flexibility index (Phi) is 4.84. The summed E-state index contributed by atoms with van der Waals surface area (Å²) in [6.45, 7) is -0.137. The fourth-order valence-corrected chi connectivity index (χ4v) is 1.98. The first-order valence-electron chi connectivity index (χ1n) is 6.36. The Bertz CT molecular complexity index is 645. The standard InChI is InChI=1S/C15H14FNO4/c16-13-5-6-15(12(9-13)10-18)21-8-7-11-3-1-2-4-14(11)17(19)20/h1-6,9,18H,7-8,10H2. The number of para-hydroxylation sites is 1. The SMILES string of the molecule is O=[N+]([O-])c1ccccc1CCOc1ccc(F)cc1CO. The summed E-state index contributed by atoms with van der Waals surface area (Å²) in [6.07, 6.45) is 0.347. The summed E-state index contributed by atoms with van der Waals surface area (Å²) in [5, 5.41) is 20.0. The van der Waals surface area contributed by atoms with Gasteiger partial charge in [0.2, 0.25) is 0 Å². The van der Waals surface area contributed by atoms with Crippen LogP contribution in [0.2, 0.25) is 0 Å². The molecule has 0 aliphatic carbocycles. The maximum atomic E-state index is 13.0. The van der Waals surface area contributed by atoms with Crippen molar-refractivity contribution in [1.29, 1.82) is 0 Å². The van der Waals surface area contributed by atoms with Crippen LogP contribution in [0, 0.1) is 15.9 Å². The number of ether oxygens (including phenoxy) is 1. The molecule has 0 spiro atoms. The zero-order chi connectivity index (χ0) is 15.2. The van der Waals surface area contributed by atoms with E-state index >= 15 is 0 Å². The molecule has 0 saturated carbocycles. The molecule has 0 aliphatic heterocycles. The van der Waals surface area contributed by atoms with E-state index in [1.165, 1.54) is 24.3 Å². The minimum Gasteiger partial charge on any atom is -0.493 e. The maximum Gasteiger partial charge on any atom is 0.272 e. The largest absolute Gasteiger partial charge is 0.493 e. The zero-order valence-electron chi connectivity index (χ0n) is 11.2. The minimum absolute atomic E-state index is 0.0441. The molecule has 2 rings (SSSR count). The van der Waals surface area contributed by atoms with Gasteiger partial charge < -0.3 is 9.84 Å². The Morgan fingerprint density at radius 1 is 1.19 bits per heavy atom. The first-order chi connectivity index (χ1) is 10.1. The molecule has 0 radical (unpaired) electrons. The van der Waals surface area contributed by atoms with Crippen LogP contribution in [-0.2, 0) is 13.0 Å². The summed E-state index contributed by atoms with van der Waals surface area (Å²) >= 11 is 0. The smallest absolute Gasteiger partial charge is 0.272 e. The van der Waals surface area contributed by atoms with Crippen molar-refractivity contribution in [3.8, 4) is 5.75 Å². The number of aliphatic hydroxyl groups excluding tert-OH is 1. The molecule has 1 N–H and O–H groups in total. The molecule has 6 heteroatoms. The normalized spacial score (nSPS) is 10.4. The van der Waals surface area contributed by atoms with Gasteiger partial charge in [0.05, 0.1) is 18.1 Å². The molecule has 21 heavy (non-hydrogen) atoms. The van der Waals surface area contributed by atoms with Gasteiger partial charge in [-0.3, -0.25) is 10.1 Å². The second-order valence-corrected chi connectivity index (χ2v) is 4.39. The van der Waals surface area contributed by atoms with Gasteiger partial charge in [-0.15, -0.1) is 0 Å². The second-order valence-electron chi connectivity index (χ2n) is 4.39. The first kappa shape index (κ1) is 14.9. The molecule has 0 unspecified atom stereocenters. The molecule has 0 heterocycles. The van der Waals surface area contributed by atoms with Crippen LogP contribution in [0.4, 0.5) is 10.1 Å². The monoisotopic (exact) mass is 291 g/mol. The number of benzene rings is 2. The fourth-order valence-electron chi connectivity index (χ4n) is 1.98.